The molecule has 0 spiro atoms. The smallest absolute Gasteiger partial charge is 0.193 e. The van der Waals surface area contributed by atoms with Crippen molar-refractivity contribution in [2.45, 2.75) is 5.75 Å². The quantitative estimate of drug-likeness (QED) is 0.821. The van der Waals surface area contributed by atoms with Crippen molar-refractivity contribution in [3.63, 3.8) is 0 Å². The van der Waals surface area contributed by atoms with Gasteiger partial charge < -0.3 is 4.57 Å². The van der Waals surface area contributed by atoms with E-state index in [0.717, 1.165) is 22.2 Å². The van der Waals surface area contributed by atoms with Gasteiger partial charge in [0.05, 0.1) is 5.52 Å². The molecule has 4 heteroatoms. The van der Waals surface area contributed by atoms with Crippen molar-refractivity contribution in [2.24, 2.45) is 7.05 Å². The van der Waals surface area contributed by atoms with Gasteiger partial charge in [-0.2, -0.15) is 11.8 Å². The molecule has 0 fully saturated rings. The normalized spacial score (nSPS) is 10.9. The van der Waals surface area contributed by atoms with Crippen molar-refractivity contribution >= 4 is 34.3 Å². The maximum Gasteiger partial charge on any atom is 0.193 e. The molecule has 0 saturated carbocycles. The van der Waals surface area contributed by atoms with Crippen molar-refractivity contribution in [1.82, 2.24) is 4.57 Å². The molecule has 1 heterocycles. The first kappa shape index (κ1) is 11.6. The maximum atomic E-state index is 12.1. The standard InChI is InChI=1S/C12H12ClNOS/c1-14-6-8(7-16-2)12(15)10-4-3-9(13)5-11(10)14/h3-6H,7H2,1-2H3. The molecule has 1 aromatic carbocycles. The van der Waals surface area contributed by atoms with Crippen LogP contribution in [0.15, 0.2) is 29.2 Å². The molecule has 0 aliphatic carbocycles. The highest BCUT2D eigenvalue weighted by Gasteiger charge is 2.07. The van der Waals surface area contributed by atoms with E-state index in [1.54, 1.807) is 23.9 Å². The topological polar surface area (TPSA) is 22.0 Å². The Morgan fingerprint density at radius 1 is 1.44 bits per heavy atom. The van der Waals surface area contributed by atoms with Crippen LogP contribution in [0.25, 0.3) is 10.9 Å². The van der Waals surface area contributed by atoms with E-state index in [1.165, 1.54) is 0 Å². The number of aryl methyl sites for hydroxylation is 1. The summed E-state index contributed by atoms with van der Waals surface area (Å²) < 4.78 is 1.95. The minimum absolute atomic E-state index is 0.110. The van der Waals surface area contributed by atoms with Crippen LogP contribution in [0.5, 0.6) is 0 Å². The lowest BCUT2D eigenvalue weighted by atomic mass is 10.1. The van der Waals surface area contributed by atoms with Crippen molar-refractivity contribution < 1.29 is 0 Å². The summed E-state index contributed by atoms with van der Waals surface area (Å²) in [4.78, 5) is 12.1. The Hall–Kier alpha value is -0.930. The fourth-order valence-electron chi connectivity index (χ4n) is 1.78. The molecule has 2 nitrogen and oxygen atoms in total. The summed E-state index contributed by atoms with van der Waals surface area (Å²) in [5.41, 5.74) is 1.83. The second-order valence-electron chi connectivity index (χ2n) is 3.69. The van der Waals surface area contributed by atoms with E-state index in [2.05, 4.69) is 0 Å². The van der Waals surface area contributed by atoms with Crippen LogP contribution in [0.3, 0.4) is 0 Å². The summed E-state index contributed by atoms with van der Waals surface area (Å²) in [7, 11) is 1.93. The molecule has 16 heavy (non-hydrogen) atoms. The summed E-state index contributed by atoms with van der Waals surface area (Å²) in [6, 6.07) is 5.37. The zero-order valence-corrected chi connectivity index (χ0v) is 10.7. The van der Waals surface area contributed by atoms with Gasteiger partial charge >= 0.3 is 0 Å². The molecule has 0 saturated heterocycles. The monoisotopic (exact) mass is 253 g/mol. The largest absolute Gasteiger partial charge is 0.350 e. The van der Waals surface area contributed by atoms with Gasteiger partial charge in [-0.25, -0.2) is 0 Å². The van der Waals surface area contributed by atoms with Crippen LogP contribution in [-0.4, -0.2) is 10.8 Å². The fraction of sp³-hybridized carbons (Fsp3) is 0.250. The number of nitrogens with zero attached hydrogens (tertiary/aromatic N) is 1. The number of aromatic nitrogens is 1. The molecule has 0 atom stereocenters. The lowest BCUT2D eigenvalue weighted by molar-refractivity contribution is 0.937. The Balaban J connectivity index is 2.79. The second-order valence-corrected chi connectivity index (χ2v) is 4.99. The van der Waals surface area contributed by atoms with E-state index < -0.39 is 0 Å². The second kappa shape index (κ2) is 4.52. The number of benzene rings is 1. The number of halogens is 1. The zero-order valence-electron chi connectivity index (χ0n) is 9.16. The average Bonchev–Trinajstić information content (AvgIpc) is 2.26. The molecule has 84 valence electrons. The first-order valence-electron chi connectivity index (χ1n) is 4.90. The third kappa shape index (κ3) is 1.97. The summed E-state index contributed by atoms with van der Waals surface area (Å²) in [6.45, 7) is 0. The van der Waals surface area contributed by atoms with E-state index in [4.69, 9.17) is 11.6 Å². The van der Waals surface area contributed by atoms with Crippen LogP contribution in [0.4, 0.5) is 0 Å². The minimum atomic E-state index is 0.110. The van der Waals surface area contributed by atoms with E-state index >= 15 is 0 Å². The highest BCUT2D eigenvalue weighted by atomic mass is 35.5. The Kier molecular flexibility index (Phi) is 3.26. The van der Waals surface area contributed by atoms with Crippen molar-refractivity contribution in [3.8, 4) is 0 Å². The molecular formula is C12H12ClNOS. The molecule has 0 unspecified atom stereocenters. The minimum Gasteiger partial charge on any atom is -0.350 e. The lowest BCUT2D eigenvalue weighted by Gasteiger charge is -2.08. The third-order valence-corrected chi connectivity index (χ3v) is 3.36. The first-order valence-corrected chi connectivity index (χ1v) is 6.67. The number of fused-ring (bicyclic) bond motifs is 1. The Bertz CT molecular complexity index is 591. The zero-order chi connectivity index (χ0) is 11.7. The van der Waals surface area contributed by atoms with E-state index in [9.17, 15) is 4.79 Å². The van der Waals surface area contributed by atoms with Gasteiger partial charge in [0.1, 0.15) is 0 Å². The molecule has 2 aromatic rings. The van der Waals surface area contributed by atoms with E-state index in [0.29, 0.717) is 5.02 Å². The lowest BCUT2D eigenvalue weighted by Crippen LogP contribution is -2.12. The average molecular weight is 254 g/mol. The van der Waals surface area contributed by atoms with Gasteiger partial charge in [0, 0.05) is 35.0 Å². The van der Waals surface area contributed by atoms with Gasteiger partial charge in [0.2, 0.25) is 0 Å². The molecule has 0 aliphatic heterocycles. The Morgan fingerprint density at radius 3 is 2.88 bits per heavy atom. The van der Waals surface area contributed by atoms with E-state index in [-0.39, 0.29) is 5.43 Å². The van der Waals surface area contributed by atoms with Gasteiger partial charge in [0.25, 0.3) is 0 Å². The van der Waals surface area contributed by atoms with Gasteiger partial charge in [-0.1, -0.05) is 11.6 Å². The van der Waals surface area contributed by atoms with Crippen molar-refractivity contribution in [2.75, 3.05) is 6.26 Å². The van der Waals surface area contributed by atoms with Gasteiger partial charge in [-0.3, -0.25) is 4.79 Å². The van der Waals surface area contributed by atoms with Gasteiger partial charge in [-0.15, -0.1) is 0 Å². The third-order valence-electron chi connectivity index (χ3n) is 2.53. The number of hydrogen-bond acceptors (Lipinski definition) is 2. The van der Waals surface area contributed by atoms with Crippen LogP contribution in [-0.2, 0) is 12.8 Å². The Labute approximate surface area is 103 Å². The molecule has 0 N–H and O–H groups in total. The maximum absolute atomic E-state index is 12.1. The predicted octanol–water partition coefficient (Wildman–Crippen LogP) is 3.05. The SMILES string of the molecule is CSCc1cn(C)c2cc(Cl)ccc2c1=O. The summed E-state index contributed by atoms with van der Waals surface area (Å²) in [5.74, 6) is 0.741. The molecule has 0 amide bonds. The van der Waals surface area contributed by atoms with Crippen LogP contribution >= 0.6 is 23.4 Å². The van der Waals surface area contributed by atoms with Gasteiger partial charge in [0.15, 0.2) is 5.43 Å². The summed E-state index contributed by atoms with van der Waals surface area (Å²) >= 11 is 7.57. The fourth-order valence-corrected chi connectivity index (χ4v) is 2.46. The number of thioether (sulfide) groups is 1. The molecular weight excluding hydrogens is 242 g/mol. The summed E-state index contributed by atoms with van der Waals surface area (Å²) in [6.07, 6.45) is 3.88. The van der Waals surface area contributed by atoms with Crippen LogP contribution < -0.4 is 5.43 Å². The molecule has 0 aliphatic rings. The van der Waals surface area contributed by atoms with Crippen molar-refractivity contribution in [3.05, 3.63) is 45.2 Å². The molecule has 1 aromatic heterocycles. The van der Waals surface area contributed by atoms with Crippen LogP contribution in [0, 0.1) is 0 Å². The molecule has 0 bridgehead atoms. The van der Waals surface area contributed by atoms with Crippen molar-refractivity contribution in [1.29, 1.82) is 0 Å². The highest BCUT2D eigenvalue weighted by molar-refractivity contribution is 7.97. The molecule has 2 rings (SSSR count). The summed E-state index contributed by atoms with van der Waals surface area (Å²) in [5, 5.41) is 1.39. The van der Waals surface area contributed by atoms with Crippen LogP contribution in [0.1, 0.15) is 5.56 Å². The van der Waals surface area contributed by atoms with Crippen LogP contribution in [0.2, 0.25) is 5.02 Å². The number of pyridine rings is 1. The molecule has 0 radical (unpaired) electrons. The predicted molar refractivity (Wildman–Crippen MR) is 71.4 cm³/mol. The Morgan fingerprint density at radius 2 is 2.19 bits per heavy atom. The van der Waals surface area contributed by atoms with Gasteiger partial charge in [-0.05, 0) is 24.5 Å². The first-order chi connectivity index (χ1) is 7.63. The number of hydrogen-bond donors (Lipinski definition) is 0. The van der Waals surface area contributed by atoms with E-state index in [1.807, 2.05) is 30.1 Å². The highest BCUT2D eigenvalue weighted by Crippen LogP contribution is 2.18. The number of rotatable bonds is 2.